The van der Waals surface area contributed by atoms with Crippen molar-refractivity contribution < 1.29 is 0 Å². The van der Waals surface area contributed by atoms with Crippen molar-refractivity contribution in [1.82, 2.24) is 0 Å². The third kappa shape index (κ3) is 3.97. The van der Waals surface area contributed by atoms with Gasteiger partial charge in [0.05, 0.1) is 0 Å². The van der Waals surface area contributed by atoms with Crippen molar-refractivity contribution in [2.45, 2.75) is 28.2 Å². The summed E-state index contributed by atoms with van der Waals surface area (Å²) in [5, 5.41) is 0. The van der Waals surface area contributed by atoms with Gasteiger partial charge in [-0.15, -0.1) is 0 Å². The Balaban J connectivity index is 0. The van der Waals surface area contributed by atoms with Gasteiger partial charge in [-0.25, -0.2) is 0 Å². The SMILES string of the molecule is C.C.CC1=CC#CCC=C1. The Labute approximate surface area is 64.6 Å². The fourth-order valence-electron chi connectivity index (χ4n) is 0.576. The molecule has 0 aromatic carbocycles. The highest BCUT2D eigenvalue weighted by molar-refractivity contribution is 5.31. The molecule has 0 bridgehead atoms. The molecular weight excluding hydrogens is 120 g/mol. The fourth-order valence-corrected chi connectivity index (χ4v) is 0.576. The molecule has 0 atom stereocenters. The van der Waals surface area contributed by atoms with E-state index in [0.717, 1.165) is 6.42 Å². The van der Waals surface area contributed by atoms with Crippen LogP contribution in [0.4, 0.5) is 0 Å². The first-order chi connectivity index (χ1) is 3.89. The number of rotatable bonds is 0. The third-order valence-corrected chi connectivity index (χ3v) is 1.00. The topological polar surface area (TPSA) is 0 Å². The van der Waals surface area contributed by atoms with Crippen molar-refractivity contribution in [1.29, 1.82) is 0 Å². The maximum atomic E-state index is 2.96. The Kier molecular flexibility index (Phi) is 7.27. The summed E-state index contributed by atoms with van der Waals surface area (Å²) in [6, 6.07) is 0. The van der Waals surface area contributed by atoms with E-state index in [4.69, 9.17) is 0 Å². The summed E-state index contributed by atoms with van der Waals surface area (Å²) in [6.07, 6.45) is 6.98. The first kappa shape index (κ1) is 11.8. The summed E-state index contributed by atoms with van der Waals surface area (Å²) in [6.45, 7) is 2.05. The largest absolute Gasteiger partial charge is 0.0943 e. The summed E-state index contributed by atoms with van der Waals surface area (Å²) in [5.74, 6) is 5.89. The van der Waals surface area contributed by atoms with Crippen LogP contribution in [0.5, 0.6) is 0 Å². The third-order valence-electron chi connectivity index (χ3n) is 1.00. The summed E-state index contributed by atoms with van der Waals surface area (Å²) in [5.41, 5.74) is 1.25. The van der Waals surface area contributed by atoms with Crippen LogP contribution in [0, 0.1) is 11.8 Å². The van der Waals surface area contributed by atoms with Gasteiger partial charge in [0, 0.05) is 6.42 Å². The Hall–Kier alpha value is -0.960. The molecule has 1 aliphatic carbocycles. The summed E-state index contributed by atoms with van der Waals surface area (Å²) in [7, 11) is 0. The van der Waals surface area contributed by atoms with Crippen LogP contribution < -0.4 is 0 Å². The summed E-state index contributed by atoms with van der Waals surface area (Å²) in [4.78, 5) is 0. The van der Waals surface area contributed by atoms with Gasteiger partial charge in [-0.3, -0.25) is 0 Å². The Bertz CT molecular complexity index is 184. The second-order valence-electron chi connectivity index (χ2n) is 1.82. The molecule has 0 saturated carbocycles. The van der Waals surface area contributed by atoms with Gasteiger partial charge in [0.2, 0.25) is 0 Å². The molecule has 0 radical (unpaired) electrons. The van der Waals surface area contributed by atoms with Crippen molar-refractivity contribution in [2.75, 3.05) is 0 Å². The molecule has 0 unspecified atom stereocenters. The predicted molar refractivity (Wildman–Crippen MR) is 48.8 cm³/mol. The van der Waals surface area contributed by atoms with Crippen molar-refractivity contribution in [3.05, 3.63) is 23.8 Å². The second kappa shape index (κ2) is 6.16. The average Bonchev–Trinajstić information content (AvgIpc) is 1.94. The zero-order chi connectivity index (χ0) is 5.82. The highest BCUT2D eigenvalue weighted by Gasteiger charge is 1.79. The molecule has 0 N–H and O–H groups in total. The van der Waals surface area contributed by atoms with Crippen LogP contribution >= 0.6 is 0 Å². The summed E-state index contributed by atoms with van der Waals surface area (Å²) >= 11 is 0. The van der Waals surface area contributed by atoms with Gasteiger partial charge in [0.1, 0.15) is 0 Å². The molecule has 0 spiro atoms. The Morgan fingerprint density at radius 3 is 2.80 bits per heavy atom. The summed E-state index contributed by atoms with van der Waals surface area (Å²) < 4.78 is 0. The van der Waals surface area contributed by atoms with Gasteiger partial charge >= 0.3 is 0 Å². The lowest BCUT2D eigenvalue weighted by Gasteiger charge is -1.80. The molecule has 0 aromatic heterocycles. The van der Waals surface area contributed by atoms with E-state index in [1.165, 1.54) is 5.57 Å². The van der Waals surface area contributed by atoms with Crippen molar-refractivity contribution in [2.24, 2.45) is 0 Å². The molecule has 0 fully saturated rings. The fraction of sp³-hybridized carbons (Fsp3) is 0.400. The van der Waals surface area contributed by atoms with E-state index in [1.807, 2.05) is 6.08 Å². The van der Waals surface area contributed by atoms with Crippen LogP contribution in [0.3, 0.4) is 0 Å². The highest BCUT2D eigenvalue weighted by Crippen LogP contribution is 1.97. The minimum absolute atomic E-state index is 0. The van der Waals surface area contributed by atoms with Gasteiger partial charge in [-0.05, 0) is 18.6 Å². The molecule has 10 heavy (non-hydrogen) atoms. The molecule has 0 saturated heterocycles. The van der Waals surface area contributed by atoms with Crippen LogP contribution in [-0.2, 0) is 0 Å². The lowest BCUT2D eigenvalue weighted by atomic mass is 10.3. The van der Waals surface area contributed by atoms with E-state index in [1.54, 1.807) is 0 Å². The Morgan fingerprint density at radius 2 is 2.10 bits per heavy atom. The van der Waals surface area contributed by atoms with Crippen LogP contribution in [-0.4, -0.2) is 0 Å². The van der Waals surface area contributed by atoms with E-state index in [2.05, 4.69) is 30.9 Å². The van der Waals surface area contributed by atoms with Crippen LogP contribution in [0.2, 0.25) is 0 Å². The number of hydrogen-bond donors (Lipinski definition) is 0. The zero-order valence-electron chi connectivity index (χ0n) is 4.94. The van der Waals surface area contributed by atoms with Crippen LogP contribution in [0.1, 0.15) is 28.2 Å². The van der Waals surface area contributed by atoms with Crippen molar-refractivity contribution in [3.63, 3.8) is 0 Å². The molecule has 0 nitrogen and oxygen atoms in total. The average molecular weight is 136 g/mol. The van der Waals surface area contributed by atoms with Gasteiger partial charge in [-0.1, -0.05) is 38.8 Å². The minimum Gasteiger partial charge on any atom is -0.0943 e. The molecular formula is C10H16. The standard InChI is InChI=1S/C8H8.2CH4/c1-8-6-4-2-3-5-7-8;;/h4,6-7H,2H2,1H3;2*1H4. The Morgan fingerprint density at radius 1 is 1.40 bits per heavy atom. The molecule has 1 rings (SSSR count). The van der Waals surface area contributed by atoms with E-state index >= 15 is 0 Å². The van der Waals surface area contributed by atoms with Crippen molar-refractivity contribution >= 4 is 0 Å². The number of allylic oxidation sites excluding steroid dienone is 4. The first-order valence-electron chi connectivity index (χ1n) is 2.71. The lowest BCUT2D eigenvalue weighted by Crippen LogP contribution is -1.60. The molecule has 0 heterocycles. The normalized spacial score (nSPS) is 12.7. The molecule has 0 amide bonds. The van der Waals surface area contributed by atoms with Gasteiger partial charge in [-0.2, -0.15) is 0 Å². The maximum absolute atomic E-state index is 2.96. The van der Waals surface area contributed by atoms with E-state index < -0.39 is 0 Å². The molecule has 0 heteroatoms. The lowest BCUT2D eigenvalue weighted by molar-refractivity contribution is 1.44. The first-order valence-corrected chi connectivity index (χ1v) is 2.71. The smallest absolute Gasteiger partial charge is 0.0276 e. The van der Waals surface area contributed by atoms with E-state index in [-0.39, 0.29) is 14.9 Å². The monoisotopic (exact) mass is 136 g/mol. The zero-order valence-corrected chi connectivity index (χ0v) is 4.94. The maximum Gasteiger partial charge on any atom is 0.0276 e. The molecule has 0 aliphatic heterocycles. The van der Waals surface area contributed by atoms with Gasteiger partial charge in [0.15, 0.2) is 0 Å². The van der Waals surface area contributed by atoms with Gasteiger partial charge in [0.25, 0.3) is 0 Å². The molecule has 0 aromatic rings. The molecule has 1 aliphatic rings. The van der Waals surface area contributed by atoms with E-state index in [0.29, 0.717) is 0 Å². The highest BCUT2D eigenvalue weighted by atomic mass is 13.8. The predicted octanol–water partition coefficient (Wildman–Crippen LogP) is 3.17. The van der Waals surface area contributed by atoms with E-state index in [9.17, 15) is 0 Å². The second-order valence-corrected chi connectivity index (χ2v) is 1.82. The number of hydrogen-bond acceptors (Lipinski definition) is 0. The van der Waals surface area contributed by atoms with Crippen molar-refractivity contribution in [3.8, 4) is 11.8 Å². The van der Waals surface area contributed by atoms with Crippen LogP contribution in [0.25, 0.3) is 0 Å². The van der Waals surface area contributed by atoms with Gasteiger partial charge < -0.3 is 0 Å². The molecule has 56 valence electrons. The quantitative estimate of drug-likeness (QED) is 0.449. The minimum atomic E-state index is 0. The van der Waals surface area contributed by atoms with Crippen LogP contribution in [0.15, 0.2) is 23.8 Å².